The molecule has 1 aliphatic heterocycles. The van der Waals surface area contributed by atoms with Gasteiger partial charge in [-0.1, -0.05) is 24.3 Å². The molecule has 0 spiro atoms. The van der Waals surface area contributed by atoms with E-state index in [1.807, 2.05) is 31.2 Å². The molecule has 2 aromatic carbocycles. The summed E-state index contributed by atoms with van der Waals surface area (Å²) in [4.78, 5) is 14.7. The first-order valence-corrected chi connectivity index (χ1v) is 9.18. The number of carbonyl (C=O) groups is 1. The summed E-state index contributed by atoms with van der Waals surface area (Å²) in [5.74, 6) is -0.0335. The summed E-state index contributed by atoms with van der Waals surface area (Å²) in [5.41, 5.74) is 1.21. The maximum Gasteiger partial charge on any atom is 0.254 e. The van der Waals surface area contributed by atoms with Crippen LogP contribution in [0.15, 0.2) is 48.5 Å². The van der Waals surface area contributed by atoms with Gasteiger partial charge in [0.25, 0.3) is 5.91 Å². The van der Waals surface area contributed by atoms with Crippen molar-refractivity contribution in [3.8, 4) is 5.75 Å². The number of ether oxygens (including phenoxy) is 1. The minimum Gasteiger partial charge on any atom is -0.494 e. The minimum atomic E-state index is -0.496. The van der Waals surface area contributed by atoms with Crippen molar-refractivity contribution in [2.24, 2.45) is 0 Å². The van der Waals surface area contributed by atoms with Gasteiger partial charge in [0.1, 0.15) is 11.6 Å². The van der Waals surface area contributed by atoms with E-state index in [-0.39, 0.29) is 17.5 Å². The average Bonchev–Trinajstić information content (AvgIpc) is 3.18. The SMILES string of the molecule is CCOc1ccc(C(CNC(=O)c2ccccc2F)N2CCCC2)cc1. The fourth-order valence-corrected chi connectivity index (χ4v) is 3.39. The first-order valence-electron chi connectivity index (χ1n) is 9.18. The molecule has 0 aromatic heterocycles. The number of nitrogens with one attached hydrogen (secondary N) is 1. The maximum atomic E-state index is 13.8. The van der Waals surface area contributed by atoms with Crippen LogP contribution in [0.1, 0.15) is 41.7 Å². The van der Waals surface area contributed by atoms with E-state index in [4.69, 9.17) is 4.74 Å². The van der Waals surface area contributed by atoms with Crippen LogP contribution in [-0.4, -0.2) is 37.0 Å². The van der Waals surface area contributed by atoms with Crippen LogP contribution in [0.25, 0.3) is 0 Å². The quantitative estimate of drug-likeness (QED) is 0.821. The zero-order valence-electron chi connectivity index (χ0n) is 15.1. The van der Waals surface area contributed by atoms with Gasteiger partial charge >= 0.3 is 0 Å². The third-order valence-corrected chi connectivity index (χ3v) is 4.73. The van der Waals surface area contributed by atoms with Crippen LogP contribution in [-0.2, 0) is 0 Å². The van der Waals surface area contributed by atoms with Crippen molar-refractivity contribution in [1.29, 1.82) is 0 Å². The van der Waals surface area contributed by atoms with Gasteiger partial charge in [-0.15, -0.1) is 0 Å². The number of hydrogen-bond donors (Lipinski definition) is 1. The van der Waals surface area contributed by atoms with Crippen molar-refractivity contribution in [2.75, 3.05) is 26.2 Å². The van der Waals surface area contributed by atoms with E-state index in [2.05, 4.69) is 10.2 Å². The highest BCUT2D eigenvalue weighted by Crippen LogP contribution is 2.26. The molecule has 4 nitrogen and oxygen atoms in total. The molecular weight excluding hydrogens is 331 g/mol. The number of amides is 1. The molecule has 3 rings (SSSR count). The normalized spacial score (nSPS) is 15.6. The molecule has 0 bridgehead atoms. The lowest BCUT2D eigenvalue weighted by atomic mass is 10.0. The van der Waals surface area contributed by atoms with Crippen molar-refractivity contribution >= 4 is 5.91 Å². The monoisotopic (exact) mass is 356 g/mol. The van der Waals surface area contributed by atoms with Crippen LogP contribution < -0.4 is 10.1 Å². The first kappa shape index (κ1) is 18.4. The summed E-state index contributed by atoms with van der Waals surface area (Å²) in [5, 5.41) is 2.90. The third kappa shape index (κ3) is 4.41. The van der Waals surface area contributed by atoms with E-state index in [1.165, 1.54) is 12.1 Å². The van der Waals surface area contributed by atoms with Gasteiger partial charge in [-0.3, -0.25) is 9.69 Å². The number of halogens is 1. The molecule has 2 aromatic rings. The van der Waals surface area contributed by atoms with Crippen LogP contribution in [0.4, 0.5) is 4.39 Å². The predicted molar refractivity (Wildman–Crippen MR) is 99.9 cm³/mol. The van der Waals surface area contributed by atoms with Gasteiger partial charge in [-0.25, -0.2) is 4.39 Å². The van der Waals surface area contributed by atoms with Gasteiger partial charge in [0.2, 0.25) is 0 Å². The second-order valence-electron chi connectivity index (χ2n) is 6.45. The Morgan fingerprint density at radius 3 is 2.50 bits per heavy atom. The summed E-state index contributed by atoms with van der Waals surface area (Å²) in [7, 11) is 0. The number of likely N-dealkylation sites (tertiary alicyclic amines) is 1. The van der Waals surface area contributed by atoms with E-state index in [0.29, 0.717) is 13.2 Å². The highest BCUT2D eigenvalue weighted by atomic mass is 19.1. The number of hydrogen-bond acceptors (Lipinski definition) is 3. The lowest BCUT2D eigenvalue weighted by Gasteiger charge is -2.28. The summed E-state index contributed by atoms with van der Waals surface area (Å²) in [6.45, 7) is 5.05. The summed E-state index contributed by atoms with van der Waals surface area (Å²) in [6, 6.07) is 14.1. The topological polar surface area (TPSA) is 41.6 Å². The van der Waals surface area contributed by atoms with Crippen molar-refractivity contribution < 1.29 is 13.9 Å². The number of carbonyl (C=O) groups excluding carboxylic acids is 1. The average molecular weight is 356 g/mol. The Kier molecular flexibility index (Phi) is 6.23. The van der Waals surface area contributed by atoms with Gasteiger partial charge in [-0.05, 0) is 62.7 Å². The highest BCUT2D eigenvalue weighted by Gasteiger charge is 2.24. The number of rotatable bonds is 7. The Morgan fingerprint density at radius 1 is 1.15 bits per heavy atom. The fraction of sp³-hybridized carbons (Fsp3) is 0.381. The number of nitrogens with zero attached hydrogens (tertiary/aromatic N) is 1. The Morgan fingerprint density at radius 2 is 1.85 bits per heavy atom. The van der Waals surface area contributed by atoms with Crippen LogP contribution in [0, 0.1) is 5.82 Å². The molecular formula is C21H25FN2O2. The molecule has 1 amide bonds. The second kappa shape index (κ2) is 8.81. The van der Waals surface area contributed by atoms with E-state index < -0.39 is 5.82 Å². The molecule has 0 saturated carbocycles. The molecule has 138 valence electrons. The molecule has 0 radical (unpaired) electrons. The van der Waals surface area contributed by atoms with Gasteiger partial charge < -0.3 is 10.1 Å². The third-order valence-electron chi connectivity index (χ3n) is 4.73. The highest BCUT2D eigenvalue weighted by molar-refractivity contribution is 5.94. The van der Waals surface area contributed by atoms with E-state index in [9.17, 15) is 9.18 Å². The van der Waals surface area contributed by atoms with Gasteiger partial charge in [0.05, 0.1) is 18.2 Å². The van der Waals surface area contributed by atoms with Crippen LogP contribution in [0.2, 0.25) is 0 Å². The van der Waals surface area contributed by atoms with Crippen LogP contribution >= 0.6 is 0 Å². The van der Waals surface area contributed by atoms with Gasteiger partial charge in [0, 0.05) is 6.54 Å². The zero-order valence-corrected chi connectivity index (χ0v) is 15.1. The van der Waals surface area contributed by atoms with Crippen LogP contribution in [0.5, 0.6) is 5.75 Å². The minimum absolute atomic E-state index is 0.0731. The van der Waals surface area contributed by atoms with Gasteiger partial charge in [-0.2, -0.15) is 0 Å². The number of benzene rings is 2. The molecule has 5 heteroatoms. The molecule has 26 heavy (non-hydrogen) atoms. The molecule has 1 fully saturated rings. The van der Waals surface area contributed by atoms with E-state index in [0.717, 1.165) is 37.2 Å². The van der Waals surface area contributed by atoms with E-state index >= 15 is 0 Å². The maximum absolute atomic E-state index is 13.8. The smallest absolute Gasteiger partial charge is 0.254 e. The fourth-order valence-electron chi connectivity index (χ4n) is 3.39. The van der Waals surface area contributed by atoms with Crippen molar-refractivity contribution in [1.82, 2.24) is 10.2 Å². The lowest BCUT2D eigenvalue weighted by molar-refractivity contribution is 0.0934. The van der Waals surface area contributed by atoms with Crippen molar-refractivity contribution in [2.45, 2.75) is 25.8 Å². The lowest BCUT2D eigenvalue weighted by Crippen LogP contribution is -2.37. The molecule has 1 atom stereocenters. The Labute approximate surface area is 154 Å². The summed E-state index contributed by atoms with van der Waals surface area (Å²) < 4.78 is 19.3. The van der Waals surface area contributed by atoms with Crippen molar-refractivity contribution in [3.63, 3.8) is 0 Å². The van der Waals surface area contributed by atoms with Crippen molar-refractivity contribution in [3.05, 3.63) is 65.5 Å². The van der Waals surface area contributed by atoms with E-state index in [1.54, 1.807) is 12.1 Å². The summed E-state index contributed by atoms with van der Waals surface area (Å²) >= 11 is 0. The molecule has 1 saturated heterocycles. The molecule has 0 aliphatic carbocycles. The Hall–Kier alpha value is -2.40. The van der Waals surface area contributed by atoms with Crippen LogP contribution in [0.3, 0.4) is 0 Å². The molecule has 1 heterocycles. The molecule has 1 unspecified atom stereocenters. The molecule has 1 N–H and O–H groups in total. The second-order valence-corrected chi connectivity index (χ2v) is 6.45. The van der Waals surface area contributed by atoms with Gasteiger partial charge in [0.15, 0.2) is 0 Å². The summed E-state index contributed by atoms with van der Waals surface area (Å²) in [6.07, 6.45) is 2.32. The Balaban J connectivity index is 1.72. The first-order chi connectivity index (χ1) is 12.7. The predicted octanol–water partition coefficient (Wildman–Crippen LogP) is 3.79. The molecule has 1 aliphatic rings. The largest absolute Gasteiger partial charge is 0.494 e. The zero-order chi connectivity index (χ0) is 18.4. The standard InChI is InChI=1S/C21H25FN2O2/c1-2-26-17-11-9-16(10-12-17)20(24-13-5-6-14-24)15-23-21(25)18-7-3-4-8-19(18)22/h3-4,7-12,20H,2,5-6,13-15H2,1H3,(H,23,25). The Bertz CT molecular complexity index is 727.